The van der Waals surface area contributed by atoms with Crippen LogP contribution in [0.25, 0.3) is 6.08 Å². The van der Waals surface area contributed by atoms with Crippen molar-refractivity contribution in [2.45, 2.75) is 0 Å². The molecule has 3 aromatic carbocycles. The second-order valence-corrected chi connectivity index (χ2v) is 6.83. The van der Waals surface area contributed by atoms with Crippen molar-refractivity contribution >= 4 is 39.4 Å². The van der Waals surface area contributed by atoms with Crippen LogP contribution in [0.5, 0.6) is 0 Å². The first-order chi connectivity index (χ1) is 13.1. The molecule has 0 aromatic heterocycles. The largest absolute Gasteiger partial charge is 0.282 e. The minimum atomic E-state index is -0.321. The number of amides is 1. The summed E-state index contributed by atoms with van der Waals surface area (Å²) in [4.78, 5) is 19.3. The normalized spacial score (nSPS) is 15.3. The molecule has 1 aliphatic heterocycles. The molecule has 3 nitrogen and oxygen atoms in total. The Morgan fingerprint density at radius 2 is 1.56 bits per heavy atom. The molecule has 1 aliphatic rings. The first kappa shape index (κ1) is 17.4. The molecule has 0 saturated heterocycles. The molecule has 0 N–H and O–H groups in total. The highest BCUT2D eigenvalue weighted by atomic mass is 79.9. The number of nitrogens with zero attached hydrogens (tertiary/aromatic N) is 2. The molecule has 0 aliphatic carbocycles. The van der Waals surface area contributed by atoms with Crippen LogP contribution in [0.1, 0.15) is 11.1 Å². The van der Waals surface area contributed by atoms with Crippen molar-refractivity contribution in [3.8, 4) is 0 Å². The summed E-state index contributed by atoms with van der Waals surface area (Å²) in [5, 5.41) is 0. The monoisotopic (exact) mass is 420 g/mol. The summed E-state index contributed by atoms with van der Waals surface area (Å²) in [7, 11) is 0. The first-order valence-corrected chi connectivity index (χ1v) is 9.13. The van der Waals surface area contributed by atoms with Crippen LogP contribution < -0.4 is 4.90 Å². The Balaban J connectivity index is 1.84. The highest BCUT2D eigenvalue weighted by Crippen LogP contribution is 2.30. The van der Waals surface area contributed by atoms with Crippen molar-refractivity contribution < 1.29 is 9.18 Å². The van der Waals surface area contributed by atoms with E-state index in [2.05, 4.69) is 20.9 Å². The number of hydrogen-bond acceptors (Lipinski definition) is 2. The summed E-state index contributed by atoms with van der Waals surface area (Å²) < 4.78 is 14.0. The van der Waals surface area contributed by atoms with E-state index in [1.54, 1.807) is 23.1 Å². The van der Waals surface area contributed by atoms with Gasteiger partial charge in [0.25, 0.3) is 5.91 Å². The lowest BCUT2D eigenvalue weighted by atomic mass is 10.1. The van der Waals surface area contributed by atoms with Gasteiger partial charge in [-0.05, 0) is 42.0 Å². The number of aliphatic imine (C=N–C) groups is 1. The van der Waals surface area contributed by atoms with Gasteiger partial charge in [0, 0.05) is 10.0 Å². The number of halogens is 2. The first-order valence-electron chi connectivity index (χ1n) is 8.34. The van der Waals surface area contributed by atoms with E-state index in [-0.39, 0.29) is 11.7 Å². The molecule has 132 valence electrons. The van der Waals surface area contributed by atoms with E-state index in [9.17, 15) is 9.18 Å². The number of benzene rings is 3. The summed E-state index contributed by atoms with van der Waals surface area (Å²) in [5.41, 5.74) is 2.57. The van der Waals surface area contributed by atoms with Crippen molar-refractivity contribution in [2.24, 2.45) is 4.99 Å². The second kappa shape index (κ2) is 7.29. The average Bonchev–Trinajstić information content (AvgIpc) is 3.01. The molecule has 0 unspecified atom stereocenters. The Labute approximate surface area is 164 Å². The van der Waals surface area contributed by atoms with Crippen LogP contribution in [0.2, 0.25) is 0 Å². The molecule has 0 fully saturated rings. The van der Waals surface area contributed by atoms with Gasteiger partial charge in [0.2, 0.25) is 0 Å². The molecule has 27 heavy (non-hydrogen) atoms. The van der Waals surface area contributed by atoms with E-state index < -0.39 is 0 Å². The molecule has 0 radical (unpaired) electrons. The molecule has 5 heteroatoms. The third-order valence-electron chi connectivity index (χ3n) is 4.16. The lowest BCUT2D eigenvalue weighted by Crippen LogP contribution is -2.32. The Bertz CT molecular complexity index is 1060. The van der Waals surface area contributed by atoms with E-state index >= 15 is 0 Å². The van der Waals surface area contributed by atoms with E-state index in [0.29, 0.717) is 17.1 Å². The fourth-order valence-electron chi connectivity index (χ4n) is 2.87. The Morgan fingerprint density at radius 3 is 2.26 bits per heavy atom. The standard InChI is InChI=1S/C22H14BrFN2O/c23-19-9-5-4-8-18(19)21-25-20(14-15-10-12-16(24)13-11-15)22(27)26(21)17-6-2-1-3-7-17/h1-14H/b20-14+. The minimum Gasteiger partial charge on any atom is -0.266 e. The van der Waals surface area contributed by atoms with Crippen LogP contribution in [0.15, 0.2) is 94.0 Å². The van der Waals surface area contributed by atoms with Crippen LogP contribution in [0.4, 0.5) is 10.1 Å². The Morgan fingerprint density at radius 1 is 0.889 bits per heavy atom. The molecule has 0 bridgehead atoms. The molecular weight excluding hydrogens is 407 g/mol. The molecule has 4 rings (SSSR count). The van der Waals surface area contributed by atoms with Crippen LogP contribution >= 0.6 is 15.9 Å². The third-order valence-corrected chi connectivity index (χ3v) is 4.85. The SMILES string of the molecule is O=C1/C(=C\c2ccc(F)cc2)N=C(c2ccccc2Br)N1c1ccccc1. The summed E-state index contributed by atoms with van der Waals surface area (Å²) >= 11 is 3.54. The number of anilines is 1. The summed E-state index contributed by atoms with van der Waals surface area (Å²) in [6, 6.07) is 23.0. The van der Waals surface area contributed by atoms with E-state index in [1.807, 2.05) is 54.6 Å². The number of hydrogen-bond donors (Lipinski definition) is 0. The molecule has 1 amide bonds. The predicted octanol–water partition coefficient (Wildman–Crippen LogP) is 5.42. The molecule has 3 aromatic rings. The van der Waals surface area contributed by atoms with Gasteiger partial charge in [-0.2, -0.15) is 0 Å². The Hall–Kier alpha value is -3.05. The zero-order valence-corrected chi connectivity index (χ0v) is 15.7. The quantitative estimate of drug-likeness (QED) is 0.520. The van der Waals surface area contributed by atoms with Gasteiger partial charge in [-0.3, -0.25) is 9.69 Å². The van der Waals surface area contributed by atoms with Gasteiger partial charge in [0.05, 0.1) is 5.69 Å². The number of para-hydroxylation sites is 1. The smallest absolute Gasteiger partial charge is 0.266 e. The van der Waals surface area contributed by atoms with Crippen molar-refractivity contribution in [2.75, 3.05) is 4.90 Å². The van der Waals surface area contributed by atoms with Crippen molar-refractivity contribution in [3.63, 3.8) is 0 Å². The number of carbonyl (C=O) groups excluding carboxylic acids is 1. The van der Waals surface area contributed by atoms with E-state index in [4.69, 9.17) is 0 Å². The maximum atomic E-state index is 13.2. The van der Waals surface area contributed by atoms with Gasteiger partial charge in [-0.15, -0.1) is 0 Å². The zero-order chi connectivity index (χ0) is 18.8. The Kier molecular flexibility index (Phi) is 4.69. The van der Waals surface area contributed by atoms with Gasteiger partial charge >= 0.3 is 0 Å². The van der Waals surface area contributed by atoms with E-state index in [1.165, 1.54) is 12.1 Å². The maximum Gasteiger partial charge on any atom is 0.282 e. The topological polar surface area (TPSA) is 32.7 Å². The average molecular weight is 421 g/mol. The highest BCUT2D eigenvalue weighted by molar-refractivity contribution is 9.10. The summed E-state index contributed by atoms with van der Waals surface area (Å²) in [5.74, 6) is 0.00142. The van der Waals surface area contributed by atoms with E-state index in [0.717, 1.165) is 15.7 Å². The van der Waals surface area contributed by atoms with Crippen LogP contribution in [-0.2, 0) is 4.79 Å². The van der Waals surface area contributed by atoms with Crippen LogP contribution in [-0.4, -0.2) is 11.7 Å². The van der Waals surface area contributed by atoms with Gasteiger partial charge < -0.3 is 0 Å². The van der Waals surface area contributed by atoms with Gasteiger partial charge in [-0.1, -0.05) is 64.5 Å². The minimum absolute atomic E-state index is 0.226. The fraction of sp³-hybridized carbons (Fsp3) is 0. The van der Waals surface area contributed by atoms with Gasteiger partial charge in [0.15, 0.2) is 0 Å². The predicted molar refractivity (Wildman–Crippen MR) is 109 cm³/mol. The lowest BCUT2D eigenvalue weighted by molar-refractivity contribution is -0.113. The number of carbonyl (C=O) groups is 1. The van der Waals surface area contributed by atoms with Gasteiger partial charge in [-0.25, -0.2) is 9.38 Å². The highest BCUT2D eigenvalue weighted by Gasteiger charge is 2.33. The van der Waals surface area contributed by atoms with Gasteiger partial charge in [0.1, 0.15) is 17.3 Å². The van der Waals surface area contributed by atoms with Crippen LogP contribution in [0, 0.1) is 5.82 Å². The van der Waals surface area contributed by atoms with Crippen molar-refractivity contribution in [3.05, 3.63) is 106 Å². The molecule has 0 saturated carbocycles. The third kappa shape index (κ3) is 3.46. The zero-order valence-electron chi connectivity index (χ0n) is 14.1. The van der Waals surface area contributed by atoms with Crippen LogP contribution in [0.3, 0.4) is 0 Å². The summed E-state index contributed by atoms with van der Waals surface area (Å²) in [6.07, 6.45) is 1.67. The molecule has 1 heterocycles. The lowest BCUT2D eigenvalue weighted by Gasteiger charge is -2.19. The molecular formula is C22H14BrFN2O. The molecule has 0 atom stereocenters. The molecule has 0 spiro atoms. The van der Waals surface area contributed by atoms with Crippen molar-refractivity contribution in [1.82, 2.24) is 0 Å². The number of rotatable bonds is 3. The van der Waals surface area contributed by atoms with Crippen molar-refractivity contribution in [1.29, 1.82) is 0 Å². The maximum absolute atomic E-state index is 13.2. The second-order valence-electron chi connectivity index (χ2n) is 5.97. The summed E-state index contributed by atoms with van der Waals surface area (Å²) in [6.45, 7) is 0. The number of amidine groups is 1. The fourth-order valence-corrected chi connectivity index (χ4v) is 3.34.